The minimum Gasteiger partial charge on any atom is -0.327 e. The summed E-state index contributed by atoms with van der Waals surface area (Å²) in [5.41, 5.74) is 6.99. The number of halogens is 2. The van der Waals surface area contributed by atoms with Crippen LogP contribution in [0.25, 0.3) is 0 Å². The number of aromatic nitrogens is 3. The van der Waals surface area contributed by atoms with Gasteiger partial charge < -0.3 is 5.73 Å². The fourth-order valence-electron chi connectivity index (χ4n) is 1.80. The number of nitrogens with zero attached hydrogens (tertiary/aromatic N) is 3. The third-order valence-corrected chi connectivity index (χ3v) is 3.49. The minimum absolute atomic E-state index is 0.0923. The summed E-state index contributed by atoms with van der Waals surface area (Å²) >= 11 is 12.2. The predicted octanol–water partition coefficient (Wildman–Crippen LogP) is 2.23. The van der Waals surface area contributed by atoms with Crippen molar-refractivity contribution in [2.75, 3.05) is 0 Å². The number of aryl methyl sites for hydroxylation is 1. The van der Waals surface area contributed by atoms with E-state index in [1.165, 1.54) is 6.33 Å². The average molecular weight is 285 g/mol. The molecule has 0 saturated carbocycles. The van der Waals surface area contributed by atoms with Gasteiger partial charge in [0.25, 0.3) is 0 Å². The highest BCUT2D eigenvalue weighted by molar-refractivity contribution is 6.35. The molecule has 1 unspecified atom stereocenters. The number of benzene rings is 1. The normalized spacial score (nSPS) is 12.7. The Morgan fingerprint density at radius 3 is 2.50 bits per heavy atom. The molecule has 0 aliphatic carbocycles. The monoisotopic (exact) mass is 284 g/mol. The second-order valence-corrected chi connectivity index (χ2v) is 4.98. The summed E-state index contributed by atoms with van der Waals surface area (Å²) < 4.78 is 1.72. The van der Waals surface area contributed by atoms with Gasteiger partial charge in [-0.3, -0.25) is 4.68 Å². The fourth-order valence-corrected chi connectivity index (χ4v) is 2.35. The van der Waals surface area contributed by atoms with Crippen molar-refractivity contribution in [3.63, 3.8) is 0 Å². The van der Waals surface area contributed by atoms with E-state index in [2.05, 4.69) is 10.1 Å². The zero-order chi connectivity index (χ0) is 13.1. The zero-order valence-corrected chi connectivity index (χ0v) is 11.5. The molecule has 1 atom stereocenters. The highest BCUT2D eigenvalue weighted by Crippen LogP contribution is 2.25. The van der Waals surface area contributed by atoms with E-state index < -0.39 is 0 Å². The highest BCUT2D eigenvalue weighted by atomic mass is 35.5. The Hall–Kier alpha value is -1.10. The first kappa shape index (κ1) is 13.3. The van der Waals surface area contributed by atoms with Crippen molar-refractivity contribution in [2.24, 2.45) is 12.8 Å². The lowest BCUT2D eigenvalue weighted by Gasteiger charge is -2.13. The van der Waals surface area contributed by atoms with E-state index in [1.807, 2.05) is 25.2 Å². The van der Waals surface area contributed by atoms with Gasteiger partial charge in [0, 0.05) is 29.6 Å². The lowest BCUT2D eigenvalue weighted by atomic mass is 10.0. The lowest BCUT2D eigenvalue weighted by Crippen LogP contribution is -2.27. The molecule has 1 aromatic carbocycles. The second-order valence-electron chi connectivity index (χ2n) is 4.17. The van der Waals surface area contributed by atoms with Crippen LogP contribution in [-0.2, 0) is 19.9 Å². The van der Waals surface area contributed by atoms with Gasteiger partial charge in [-0.25, -0.2) is 4.98 Å². The third kappa shape index (κ3) is 3.02. The van der Waals surface area contributed by atoms with Crippen molar-refractivity contribution < 1.29 is 0 Å². The summed E-state index contributed by atoms with van der Waals surface area (Å²) in [7, 11) is 1.84. The van der Waals surface area contributed by atoms with Gasteiger partial charge in [0.05, 0.1) is 0 Å². The van der Waals surface area contributed by atoms with Crippen LogP contribution in [0, 0.1) is 0 Å². The van der Waals surface area contributed by atoms with Crippen LogP contribution < -0.4 is 5.73 Å². The standard InChI is InChI=1S/C12H14Cl2N4/c1-18-12(16-7-17-18)6-8(15)5-9-10(13)3-2-4-11(9)14/h2-4,7-8H,5-6,15H2,1H3. The van der Waals surface area contributed by atoms with Crippen molar-refractivity contribution in [1.29, 1.82) is 0 Å². The Balaban J connectivity index is 2.08. The van der Waals surface area contributed by atoms with Gasteiger partial charge in [-0.15, -0.1) is 0 Å². The van der Waals surface area contributed by atoms with Crippen LogP contribution in [0.1, 0.15) is 11.4 Å². The van der Waals surface area contributed by atoms with Crippen LogP contribution in [0.15, 0.2) is 24.5 Å². The first-order valence-corrected chi connectivity index (χ1v) is 6.35. The summed E-state index contributed by atoms with van der Waals surface area (Å²) in [5, 5.41) is 5.31. The van der Waals surface area contributed by atoms with Crippen molar-refractivity contribution in [3.05, 3.63) is 46.0 Å². The molecule has 1 aromatic heterocycles. The van der Waals surface area contributed by atoms with Crippen molar-refractivity contribution >= 4 is 23.2 Å². The van der Waals surface area contributed by atoms with Crippen LogP contribution in [-0.4, -0.2) is 20.8 Å². The van der Waals surface area contributed by atoms with E-state index in [4.69, 9.17) is 28.9 Å². The van der Waals surface area contributed by atoms with Crippen molar-refractivity contribution in [3.8, 4) is 0 Å². The van der Waals surface area contributed by atoms with Gasteiger partial charge in [0.1, 0.15) is 12.2 Å². The molecule has 0 radical (unpaired) electrons. The zero-order valence-electron chi connectivity index (χ0n) is 9.98. The van der Waals surface area contributed by atoms with Gasteiger partial charge in [0.2, 0.25) is 0 Å². The molecule has 0 aliphatic heterocycles. The van der Waals surface area contributed by atoms with E-state index >= 15 is 0 Å². The Kier molecular flexibility index (Phi) is 4.22. The molecule has 18 heavy (non-hydrogen) atoms. The Bertz CT molecular complexity index is 518. The molecule has 1 heterocycles. The topological polar surface area (TPSA) is 56.7 Å². The molecular weight excluding hydrogens is 271 g/mol. The molecule has 2 rings (SSSR count). The molecule has 0 amide bonds. The maximum absolute atomic E-state index is 6.11. The van der Waals surface area contributed by atoms with Crippen molar-refractivity contribution in [1.82, 2.24) is 14.8 Å². The van der Waals surface area contributed by atoms with Crippen LogP contribution in [0.4, 0.5) is 0 Å². The van der Waals surface area contributed by atoms with Gasteiger partial charge in [0.15, 0.2) is 0 Å². The minimum atomic E-state index is -0.0923. The molecule has 4 nitrogen and oxygen atoms in total. The third-order valence-electron chi connectivity index (χ3n) is 2.78. The Morgan fingerprint density at radius 2 is 1.94 bits per heavy atom. The summed E-state index contributed by atoms with van der Waals surface area (Å²) in [6.07, 6.45) is 2.77. The molecule has 2 aromatic rings. The Labute approximate surface area is 116 Å². The Morgan fingerprint density at radius 1 is 1.28 bits per heavy atom. The van der Waals surface area contributed by atoms with Crippen LogP contribution >= 0.6 is 23.2 Å². The largest absolute Gasteiger partial charge is 0.327 e. The smallest absolute Gasteiger partial charge is 0.138 e. The molecule has 2 N–H and O–H groups in total. The van der Waals surface area contributed by atoms with E-state index in [-0.39, 0.29) is 6.04 Å². The summed E-state index contributed by atoms with van der Waals surface area (Å²) in [5.74, 6) is 0.852. The van der Waals surface area contributed by atoms with Gasteiger partial charge in [-0.1, -0.05) is 29.3 Å². The number of hydrogen-bond acceptors (Lipinski definition) is 3. The molecule has 6 heteroatoms. The predicted molar refractivity (Wildman–Crippen MR) is 72.8 cm³/mol. The van der Waals surface area contributed by atoms with E-state index in [9.17, 15) is 0 Å². The van der Waals surface area contributed by atoms with Gasteiger partial charge in [-0.05, 0) is 24.1 Å². The molecule has 0 spiro atoms. The molecule has 96 valence electrons. The van der Waals surface area contributed by atoms with Gasteiger partial charge in [-0.2, -0.15) is 5.10 Å². The molecular formula is C12H14Cl2N4. The van der Waals surface area contributed by atoms with E-state index in [0.29, 0.717) is 22.9 Å². The SMILES string of the molecule is Cn1ncnc1CC(N)Cc1c(Cl)cccc1Cl. The summed E-state index contributed by atoms with van der Waals surface area (Å²) in [6.45, 7) is 0. The molecule has 0 bridgehead atoms. The summed E-state index contributed by atoms with van der Waals surface area (Å²) in [6, 6.07) is 5.36. The highest BCUT2D eigenvalue weighted by Gasteiger charge is 2.13. The molecule has 0 aliphatic rings. The lowest BCUT2D eigenvalue weighted by molar-refractivity contribution is 0.603. The van der Waals surface area contributed by atoms with Crippen LogP contribution in [0.5, 0.6) is 0 Å². The first-order valence-electron chi connectivity index (χ1n) is 5.59. The van der Waals surface area contributed by atoms with E-state index in [1.54, 1.807) is 4.68 Å². The van der Waals surface area contributed by atoms with Crippen molar-refractivity contribution in [2.45, 2.75) is 18.9 Å². The summed E-state index contributed by atoms with van der Waals surface area (Å²) in [4.78, 5) is 4.15. The average Bonchev–Trinajstić information content (AvgIpc) is 2.70. The van der Waals surface area contributed by atoms with E-state index in [0.717, 1.165) is 11.4 Å². The fraction of sp³-hybridized carbons (Fsp3) is 0.333. The molecule has 0 fully saturated rings. The number of rotatable bonds is 4. The van der Waals surface area contributed by atoms with Crippen LogP contribution in [0.3, 0.4) is 0 Å². The maximum Gasteiger partial charge on any atom is 0.138 e. The first-order chi connectivity index (χ1) is 8.58. The number of nitrogens with two attached hydrogens (primary N) is 1. The van der Waals surface area contributed by atoms with Crippen LogP contribution in [0.2, 0.25) is 10.0 Å². The second kappa shape index (κ2) is 5.69. The molecule has 0 saturated heterocycles. The number of hydrogen-bond donors (Lipinski definition) is 1. The van der Waals surface area contributed by atoms with Gasteiger partial charge >= 0.3 is 0 Å². The quantitative estimate of drug-likeness (QED) is 0.937. The maximum atomic E-state index is 6.11.